The molecule has 0 saturated carbocycles. The first-order chi connectivity index (χ1) is 12.4. The van der Waals surface area contributed by atoms with Crippen molar-refractivity contribution in [1.82, 2.24) is 10.2 Å². The third-order valence-electron chi connectivity index (χ3n) is 3.89. The molecule has 0 bridgehead atoms. The second-order valence-electron chi connectivity index (χ2n) is 6.67. The van der Waals surface area contributed by atoms with Crippen molar-refractivity contribution in [3.63, 3.8) is 0 Å². The predicted octanol–water partition coefficient (Wildman–Crippen LogP) is 3.35. The third-order valence-corrected chi connectivity index (χ3v) is 3.89. The maximum Gasteiger partial charge on any atom is 0.253 e. The summed E-state index contributed by atoms with van der Waals surface area (Å²) in [4.78, 5) is 25.8. The van der Waals surface area contributed by atoms with E-state index in [2.05, 4.69) is 19.2 Å². The SMILES string of the molecule is CNC(=O)c1ccc(CN(C)C(=O)c2ccc(OCC(C)C)cc2)cc1. The second kappa shape index (κ2) is 9.04. The van der Waals surface area contributed by atoms with Crippen LogP contribution >= 0.6 is 0 Å². The van der Waals surface area contributed by atoms with E-state index in [-0.39, 0.29) is 11.8 Å². The number of carbonyl (C=O) groups excluding carboxylic acids is 2. The number of ether oxygens (including phenoxy) is 1. The van der Waals surface area contributed by atoms with Crippen LogP contribution in [0.2, 0.25) is 0 Å². The molecule has 0 atom stereocenters. The summed E-state index contributed by atoms with van der Waals surface area (Å²) in [5.41, 5.74) is 2.18. The van der Waals surface area contributed by atoms with Crippen molar-refractivity contribution < 1.29 is 14.3 Å². The van der Waals surface area contributed by atoms with Crippen LogP contribution in [-0.4, -0.2) is 37.4 Å². The molecule has 2 amide bonds. The lowest BCUT2D eigenvalue weighted by atomic mass is 10.1. The van der Waals surface area contributed by atoms with Crippen LogP contribution in [0.25, 0.3) is 0 Å². The molecule has 0 fully saturated rings. The number of nitrogens with zero attached hydrogens (tertiary/aromatic N) is 1. The van der Waals surface area contributed by atoms with E-state index in [4.69, 9.17) is 4.74 Å². The summed E-state index contributed by atoms with van der Waals surface area (Å²) < 4.78 is 5.64. The lowest BCUT2D eigenvalue weighted by Crippen LogP contribution is -2.26. The molecule has 0 saturated heterocycles. The Labute approximate surface area is 155 Å². The van der Waals surface area contributed by atoms with E-state index < -0.39 is 0 Å². The quantitative estimate of drug-likeness (QED) is 0.829. The average molecular weight is 354 g/mol. The number of carbonyl (C=O) groups is 2. The Morgan fingerprint density at radius 2 is 1.58 bits per heavy atom. The lowest BCUT2D eigenvalue weighted by molar-refractivity contribution is 0.0784. The summed E-state index contributed by atoms with van der Waals surface area (Å²) in [5, 5.41) is 2.59. The van der Waals surface area contributed by atoms with Gasteiger partial charge in [-0.1, -0.05) is 26.0 Å². The van der Waals surface area contributed by atoms with Crippen LogP contribution in [0, 0.1) is 5.92 Å². The van der Waals surface area contributed by atoms with E-state index in [1.807, 2.05) is 24.3 Å². The van der Waals surface area contributed by atoms with Crippen LogP contribution in [0.15, 0.2) is 48.5 Å². The fraction of sp³-hybridized carbons (Fsp3) is 0.333. The molecule has 0 aliphatic rings. The normalized spacial score (nSPS) is 10.5. The Morgan fingerprint density at radius 1 is 1.00 bits per heavy atom. The van der Waals surface area contributed by atoms with Gasteiger partial charge in [-0.3, -0.25) is 9.59 Å². The van der Waals surface area contributed by atoms with E-state index >= 15 is 0 Å². The molecule has 2 rings (SSSR count). The van der Waals surface area contributed by atoms with E-state index in [1.165, 1.54) is 0 Å². The van der Waals surface area contributed by atoms with Crippen LogP contribution in [0.5, 0.6) is 5.75 Å². The van der Waals surface area contributed by atoms with Crippen LogP contribution in [0.3, 0.4) is 0 Å². The Bertz CT molecular complexity index is 737. The second-order valence-corrected chi connectivity index (χ2v) is 6.67. The average Bonchev–Trinajstić information content (AvgIpc) is 2.66. The van der Waals surface area contributed by atoms with Crippen LogP contribution in [0.1, 0.15) is 40.1 Å². The van der Waals surface area contributed by atoms with Crippen LogP contribution in [0.4, 0.5) is 0 Å². The maximum atomic E-state index is 12.6. The molecule has 5 nitrogen and oxygen atoms in total. The zero-order valence-electron chi connectivity index (χ0n) is 15.8. The molecule has 0 aliphatic carbocycles. The molecule has 0 unspecified atom stereocenters. The zero-order chi connectivity index (χ0) is 19.1. The van der Waals surface area contributed by atoms with Gasteiger partial charge in [0, 0.05) is 31.8 Å². The topological polar surface area (TPSA) is 58.6 Å². The molecule has 0 aromatic heterocycles. The van der Waals surface area contributed by atoms with Gasteiger partial charge in [0.15, 0.2) is 0 Å². The molecule has 2 aromatic carbocycles. The molecule has 0 heterocycles. The van der Waals surface area contributed by atoms with Crippen molar-refractivity contribution in [3.05, 3.63) is 65.2 Å². The first-order valence-electron chi connectivity index (χ1n) is 8.70. The van der Waals surface area contributed by atoms with Crippen molar-refractivity contribution in [2.45, 2.75) is 20.4 Å². The molecular weight excluding hydrogens is 328 g/mol. The van der Waals surface area contributed by atoms with Gasteiger partial charge >= 0.3 is 0 Å². The first-order valence-corrected chi connectivity index (χ1v) is 8.70. The fourth-order valence-electron chi connectivity index (χ4n) is 2.43. The van der Waals surface area contributed by atoms with Crippen molar-refractivity contribution in [2.24, 2.45) is 5.92 Å². The summed E-state index contributed by atoms with van der Waals surface area (Å²) in [6, 6.07) is 14.4. The lowest BCUT2D eigenvalue weighted by Gasteiger charge is -2.18. The summed E-state index contributed by atoms with van der Waals surface area (Å²) >= 11 is 0. The largest absolute Gasteiger partial charge is 0.493 e. The monoisotopic (exact) mass is 354 g/mol. The van der Waals surface area contributed by atoms with Crippen molar-refractivity contribution in [1.29, 1.82) is 0 Å². The van der Waals surface area contributed by atoms with E-state index in [0.29, 0.717) is 30.2 Å². The van der Waals surface area contributed by atoms with Gasteiger partial charge in [0.05, 0.1) is 6.61 Å². The highest BCUT2D eigenvalue weighted by molar-refractivity contribution is 5.94. The van der Waals surface area contributed by atoms with Gasteiger partial charge in [-0.2, -0.15) is 0 Å². The summed E-state index contributed by atoms with van der Waals surface area (Å²) in [6.07, 6.45) is 0. The predicted molar refractivity (Wildman–Crippen MR) is 102 cm³/mol. The van der Waals surface area contributed by atoms with Gasteiger partial charge in [0.2, 0.25) is 0 Å². The third kappa shape index (κ3) is 5.34. The van der Waals surface area contributed by atoms with Crippen molar-refractivity contribution in [3.8, 4) is 5.75 Å². The van der Waals surface area contributed by atoms with E-state index in [1.54, 1.807) is 43.3 Å². The first kappa shape index (κ1) is 19.5. The minimum absolute atomic E-state index is 0.0595. The molecule has 0 radical (unpaired) electrons. The Hall–Kier alpha value is -2.82. The summed E-state index contributed by atoms with van der Waals surface area (Å²) in [7, 11) is 3.36. The highest BCUT2D eigenvalue weighted by atomic mass is 16.5. The molecule has 138 valence electrons. The molecular formula is C21H26N2O3. The van der Waals surface area contributed by atoms with Crippen LogP contribution in [-0.2, 0) is 6.54 Å². The molecule has 26 heavy (non-hydrogen) atoms. The Morgan fingerprint density at radius 3 is 2.12 bits per heavy atom. The Kier molecular flexibility index (Phi) is 6.78. The highest BCUT2D eigenvalue weighted by Gasteiger charge is 2.13. The van der Waals surface area contributed by atoms with Crippen molar-refractivity contribution >= 4 is 11.8 Å². The number of hydrogen-bond acceptors (Lipinski definition) is 3. The highest BCUT2D eigenvalue weighted by Crippen LogP contribution is 2.15. The zero-order valence-corrected chi connectivity index (χ0v) is 15.8. The van der Waals surface area contributed by atoms with Gasteiger partial charge in [0.1, 0.15) is 5.75 Å². The molecule has 0 aliphatic heterocycles. The number of benzene rings is 2. The minimum atomic E-state index is -0.124. The smallest absolute Gasteiger partial charge is 0.253 e. The summed E-state index contributed by atoms with van der Waals surface area (Å²) in [6.45, 7) is 5.31. The number of nitrogens with one attached hydrogen (secondary N) is 1. The van der Waals surface area contributed by atoms with Gasteiger partial charge < -0.3 is 15.0 Å². The maximum absolute atomic E-state index is 12.6. The minimum Gasteiger partial charge on any atom is -0.493 e. The van der Waals surface area contributed by atoms with Gasteiger partial charge in [0.25, 0.3) is 11.8 Å². The number of amides is 2. The van der Waals surface area contributed by atoms with Gasteiger partial charge in [-0.15, -0.1) is 0 Å². The Balaban J connectivity index is 1.97. The van der Waals surface area contributed by atoms with Gasteiger partial charge in [-0.05, 0) is 47.9 Å². The van der Waals surface area contributed by atoms with Crippen molar-refractivity contribution in [2.75, 3.05) is 20.7 Å². The number of hydrogen-bond donors (Lipinski definition) is 1. The fourth-order valence-corrected chi connectivity index (χ4v) is 2.43. The van der Waals surface area contributed by atoms with E-state index in [9.17, 15) is 9.59 Å². The summed E-state index contributed by atoms with van der Waals surface area (Å²) in [5.74, 6) is 1.04. The molecule has 0 spiro atoms. The molecule has 1 N–H and O–H groups in total. The molecule has 5 heteroatoms. The van der Waals surface area contributed by atoms with E-state index in [0.717, 1.165) is 11.3 Å². The number of rotatable bonds is 7. The standard InChI is InChI=1S/C21H26N2O3/c1-15(2)14-26-19-11-9-18(10-12-19)21(25)23(4)13-16-5-7-17(8-6-16)20(24)22-3/h5-12,15H,13-14H2,1-4H3,(H,22,24). The molecule has 2 aromatic rings. The van der Waals surface area contributed by atoms with Gasteiger partial charge in [-0.25, -0.2) is 0 Å². The van der Waals surface area contributed by atoms with Crippen LogP contribution < -0.4 is 10.1 Å².